The van der Waals surface area contributed by atoms with Gasteiger partial charge in [-0.2, -0.15) is 5.10 Å². The van der Waals surface area contributed by atoms with E-state index in [0.717, 1.165) is 6.42 Å². The molecule has 0 radical (unpaired) electrons. The van der Waals surface area contributed by atoms with Gasteiger partial charge >= 0.3 is 0 Å². The number of nitrogens with zero attached hydrogens (tertiary/aromatic N) is 4. The van der Waals surface area contributed by atoms with E-state index in [2.05, 4.69) is 15.4 Å². The highest BCUT2D eigenvalue weighted by Gasteiger charge is 2.17. The van der Waals surface area contributed by atoms with Crippen molar-refractivity contribution >= 4 is 22.5 Å². The molecule has 3 heterocycles. The molecule has 26 heavy (non-hydrogen) atoms. The molecule has 0 saturated carbocycles. The van der Waals surface area contributed by atoms with E-state index in [1.165, 1.54) is 10.8 Å². The minimum Gasteiger partial charge on any atom is -0.394 e. The van der Waals surface area contributed by atoms with Gasteiger partial charge < -0.3 is 15.0 Å². The Balaban J connectivity index is 1.75. The fourth-order valence-corrected chi connectivity index (χ4v) is 2.93. The summed E-state index contributed by atoms with van der Waals surface area (Å²) >= 11 is 0. The highest BCUT2D eigenvalue weighted by molar-refractivity contribution is 5.79. The summed E-state index contributed by atoms with van der Waals surface area (Å²) in [6.45, 7) is 4.16. The largest absolute Gasteiger partial charge is 0.394 e. The number of hydrogen-bond acceptors (Lipinski definition) is 5. The SMILES string of the molecule is CCC(C)C(CO)NC(=O)CCn1ccc2c(cnc3ccnn32)c1=O. The lowest BCUT2D eigenvalue weighted by Gasteiger charge is -2.22. The number of rotatable bonds is 7. The average molecular weight is 357 g/mol. The number of aliphatic hydroxyl groups is 1. The predicted molar refractivity (Wildman–Crippen MR) is 97.8 cm³/mol. The maximum Gasteiger partial charge on any atom is 0.261 e. The van der Waals surface area contributed by atoms with Crippen molar-refractivity contribution in [2.45, 2.75) is 39.3 Å². The van der Waals surface area contributed by atoms with Crippen molar-refractivity contribution in [3.63, 3.8) is 0 Å². The van der Waals surface area contributed by atoms with Gasteiger partial charge in [0.05, 0.1) is 29.7 Å². The summed E-state index contributed by atoms with van der Waals surface area (Å²) in [5.74, 6) is 0.00638. The summed E-state index contributed by atoms with van der Waals surface area (Å²) in [5, 5.41) is 16.9. The molecule has 2 atom stereocenters. The van der Waals surface area contributed by atoms with Gasteiger partial charge in [-0.3, -0.25) is 9.59 Å². The first-order chi connectivity index (χ1) is 12.5. The quantitative estimate of drug-likeness (QED) is 0.656. The van der Waals surface area contributed by atoms with Crippen LogP contribution in [-0.4, -0.2) is 42.8 Å². The van der Waals surface area contributed by atoms with E-state index >= 15 is 0 Å². The molecule has 2 N–H and O–H groups in total. The number of fused-ring (bicyclic) bond motifs is 3. The molecule has 0 aliphatic carbocycles. The van der Waals surface area contributed by atoms with Gasteiger partial charge in [0.25, 0.3) is 5.56 Å². The van der Waals surface area contributed by atoms with Crippen molar-refractivity contribution in [1.82, 2.24) is 24.5 Å². The third kappa shape index (κ3) is 3.45. The molecular formula is C18H23N5O3. The fraction of sp³-hybridized carbons (Fsp3) is 0.444. The summed E-state index contributed by atoms with van der Waals surface area (Å²) in [7, 11) is 0. The minimum atomic E-state index is -0.266. The van der Waals surface area contributed by atoms with Crippen LogP contribution in [0.5, 0.6) is 0 Å². The third-order valence-electron chi connectivity index (χ3n) is 4.81. The maximum absolute atomic E-state index is 12.6. The molecule has 0 saturated heterocycles. The van der Waals surface area contributed by atoms with Crippen LogP contribution in [0.15, 0.2) is 35.5 Å². The number of carbonyl (C=O) groups is 1. The van der Waals surface area contributed by atoms with Crippen LogP contribution in [-0.2, 0) is 11.3 Å². The van der Waals surface area contributed by atoms with Crippen molar-refractivity contribution < 1.29 is 9.90 Å². The summed E-state index contributed by atoms with van der Waals surface area (Å²) in [5.41, 5.74) is 1.15. The number of carbonyl (C=O) groups excluding carboxylic acids is 1. The zero-order valence-corrected chi connectivity index (χ0v) is 14.9. The van der Waals surface area contributed by atoms with Crippen LogP contribution in [0.3, 0.4) is 0 Å². The van der Waals surface area contributed by atoms with Crippen molar-refractivity contribution in [2.75, 3.05) is 6.61 Å². The molecule has 138 valence electrons. The molecule has 2 unspecified atom stereocenters. The van der Waals surface area contributed by atoms with Crippen molar-refractivity contribution in [2.24, 2.45) is 5.92 Å². The van der Waals surface area contributed by atoms with Gasteiger partial charge in [0.2, 0.25) is 5.91 Å². The Bertz CT molecular complexity index is 978. The molecule has 0 fully saturated rings. The Morgan fingerprint density at radius 2 is 2.19 bits per heavy atom. The maximum atomic E-state index is 12.6. The molecule has 8 nitrogen and oxygen atoms in total. The highest BCUT2D eigenvalue weighted by atomic mass is 16.3. The number of aromatic nitrogens is 4. The number of aryl methyl sites for hydroxylation is 1. The topological polar surface area (TPSA) is 102 Å². The van der Waals surface area contributed by atoms with Crippen molar-refractivity contribution in [1.29, 1.82) is 0 Å². The number of pyridine rings is 1. The molecule has 1 amide bonds. The molecule has 3 aromatic heterocycles. The second-order valence-electron chi connectivity index (χ2n) is 6.46. The van der Waals surface area contributed by atoms with Crippen molar-refractivity contribution in [3.8, 4) is 0 Å². The molecule has 0 bridgehead atoms. The van der Waals surface area contributed by atoms with Gasteiger partial charge in [-0.1, -0.05) is 20.3 Å². The van der Waals surface area contributed by atoms with E-state index in [-0.39, 0.29) is 43.0 Å². The Hall–Kier alpha value is -2.74. The molecular weight excluding hydrogens is 334 g/mol. The predicted octanol–water partition coefficient (Wildman–Crippen LogP) is 0.957. The van der Waals surface area contributed by atoms with Crippen LogP contribution in [0.4, 0.5) is 0 Å². The van der Waals surface area contributed by atoms with Crippen LogP contribution in [0.25, 0.3) is 16.6 Å². The Kier molecular flexibility index (Phi) is 5.32. The first-order valence-electron chi connectivity index (χ1n) is 8.77. The van der Waals surface area contributed by atoms with Gasteiger partial charge in [0.15, 0.2) is 5.65 Å². The zero-order chi connectivity index (χ0) is 18.7. The number of aliphatic hydroxyl groups excluding tert-OH is 1. The smallest absolute Gasteiger partial charge is 0.261 e. The fourth-order valence-electron chi connectivity index (χ4n) is 2.93. The van der Waals surface area contributed by atoms with Gasteiger partial charge in [-0.15, -0.1) is 0 Å². The Morgan fingerprint density at radius 3 is 2.92 bits per heavy atom. The Morgan fingerprint density at radius 1 is 1.38 bits per heavy atom. The summed E-state index contributed by atoms with van der Waals surface area (Å²) < 4.78 is 3.11. The summed E-state index contributed by atoms with van der Waals surface area (Å²) in [6, 6.07) is 3.30. The van der Waals surface area contributed by atoms with Crippen LogP contribution in [0, 0.1) is 5.92 Å². The second kappa shape index (κ2) is 7.65. The average Bonchev–Trinajstić information content (AvgIpc) is 3.14. The monoisotopic (exact) mass is 357 g/mol. The number of amides is 1. The lowest BCUT2D eigenvalue weighted by molar-refractivity contribution is -0.122. The van der Waals surface area contributed by atoms with Crippen LogP contribution < -0.4 is 10.9 Å². The van der Waals surface area contributed by atoms with Gasteiger partial charge in [-0.25, -0.2) is 9.50 Å². The number of hydrogen-bond donors (Lipinski definition) is 2. The van der Waals surface area contributed by atoms with E-state index in [0.29, 0.717) is 16.6 Å². The lowest BCUT2D eigenvalue weighted by Crippen LogP contribution is -2.42. The molecule has 0 aliphatic heterocycles. The summed E-state index contributed by atoms with van der Waals surface area (Å²) in [6.07, 6.45) is 5.86. The van der Waals surface area contributed by atoms with Crippen LogP contribution >= 0.6 is 0 Å². The molecule has 3 rings (SSSR count). The molecule has 8 heteroatoms. The first kappa shape index (κ1) is 18.1. The molecule has 0 spiro atoms. The van der Waals surface area contributed by atoms with Crippen LogP contribution in [0.2, 0.25) is 0 Å². The van der Waals surface area contributed by atoms with E-state index < -0.39 is 0 Å². The highest BCUT2D eigenvalue weighted by Crippen LogP contribution is 2.11. The van der Waals surface area contributed by atoms with Crippen molar-refractivity contribution in [3.05, 3.63) is 41.1 Å². The van der Waals surface area contributed by atoms with E-state index in [9.17, 15) is 14.7 Å². The summed E-state index contributed by atoms with van der Waals surface area (Å²) in [4.78, 5) is 29.0. The van der Waals surface area contributed by atoms with E-state index in [4.69, 9.17) is 0 Å². The molecule has 3 aromatic rings. The lowest BCUT2D eigenvalue weighted by atomic mass is 10.00. The zero-order valence-electron chi connectivity index (χ0n) is 14.9. The number of nitrogens with one attached hydrogen (secondary N) is 1. The van der Waals surface area contributed by atoms with Gasteiger partial charge in [0.1, 0.15) is 0 Å². The molecule has 0 aromatic carbocycles. The van der Waals surface area contributed by atoms with Gasteiger partial charge in [-0.05, 0) is 12.0 Å². The molecule has 0 aliphatic rings. The second-order valence-corrected chi connectivity index (χ2v) is 6.46. The van der Waals surface area contributed by atoms with Gasteiger partial charge in [0, 0.05) is 31.4 Å². The Labute approximate surface area is 150 Å². The van der Waals surface area contributed by atoms with Crippen LogP contribution in [0.1, 0.15) is 26.7 Å². The minimum absolute atomic E-state index is 0.0950. The van der Waals surface area contributed by atoms with E-state index in [1.807, 2.05) is 13.8 Å². The van der Waals surface area contributed by atoms with E-state index in [1.54, 1.807) is 29.0 Å². The third-order valence-corrected chi connectivity index (χ3v) is 4.81. The first-order valence-corrected chi connectivity index (χ1v) is 8.77. The standard InChI is InChI=1S/C18H23N5O3/c1-3-12(2)14(11-24)21-17(25)6-9-22-8-5-15-13(18(22)26)10-19-16-4-7-20-23(15)16/h4-5,7-8,10,12,14,24H,3,6,9,11H2,1-2H3,(H,21,25). The normalized spacial score (nSPS) is 13.8.